The van der Waals surface area contributed by atoms with Crippen LogP contribution in [0.2, 0.25) is 0 Å². The Morgan fingerprint density at radius 3 is 2.80 bits per heavy atom. The Morgan fingerprint density at radius 1 is 1.44 bits per heavy atom. The molecule has 1 aliphatic rings. The van der Waals surface area contributed by atoms with Gasteiger partial charge in [-0.25, -0.2) is 4.98 Å². The van der Waals surface area contributed by atoms with Crippen LogP contribution in [0.15, 0.2) is 30.6 Å². The van der Waals surface area contributed by atoms with Crippen LogP contribution in [0, 0.1) is 12.8 Å². The highest BCUT2D eigenvalue weighted by Crippen LogP contribution is 2.38. The third-order valence-corrected chi connectivity index (χ3v) is 4.61. The van der Waals surface area contributed by atoms with Gasteiger partial charge in [-0.05, 0) is 37.3 Å². The lowest BCUT2D eigenvalue weighted by Gasteiger charge is -2.38. The van der Waals surface area contributed by atoms with Gasteiger partial charge in [-0.2, -0.15) is 5.10 Å². The van der Waals surface area contributed by atoms with Crippen LogP contribution in [0.25, 0.3) is 0 Å². The molecule has 7 nitrogen and oxygen atoms in total. The molecule has 25 heavy (non-hydrogen) atoms. The number of hydrogen-bond acceptors (Lipinski definition) is 5. The molecule has 2 aromatic rings. The number of pyridine rings is 1. The molecule has 134 valence electrons. The summed E-state index contributed by atoms with van der Waals surface area (Å²) in [4.78, 5) is 16.6. The molecule has 3 rings (SSSR count). The molecule has 0 spiro atoms. The number of carbonyl (C=O) groups is 1. The van der Waals surface area contributed by atoms with Crippen molar-refractivity contribution in [3.63, 3.8) is 0 Å². The third-order valence-electron chi connectivity index (χ3n) is 4.61. The van der Waals surface area contributed by atoms with E-state index in [1.807, 2.05) is 25.3 Å². The molecule has 1 aliphatic carbocycles. The van der Waals surface area contributed by atoms with Gasteiger partial charge in [0.1, 0.15) is 0 Å². The average Bonchev–Trinajstić information content (AvgIpc) is 3.01. The SMILES string of the molecule is COc1ccc([C@@H](NC(=O)CCn2ccc(C)n2)C2CC(O)C2)cn1. The van der Waals surface area contributed by atoms with E-state index in [1.165, 1.54) is 0 Å². The topological polar surface area (TPSA) is 89.3 Å². The summed E-state index contributed by atoms with van der Waals surface area (Å²) in [7, 11) is 1.57. The first-order valence-electron chi connectivity index (χ1n) is 8.52. The van der Waals surface area contributed by atoms with Gasteiger partial charge in [0.05, 0.1) is 24.9 Å². The van der Waals surface area contributed by atoms with Crippen molar-refractivity contribution in [3.8, 4) is 5.88 Å². The molecule has 1 amide bonds. The van der Waals surface area contributed by atoms with E-state index < -0.39 is 0 Å². The largest absolute Gasteiger partial charge is 0.481 e. The highest BCUT2D eigenvalue weighted by Gasteiger charge is 2.35. The molecule has 0 radical (unpaired) electrons. The van der Waals surface area contributed by atoms with Gasteiger partial charge in [0.2, 0.25) is 11.8 Å². The van der Waals surface area contributed by atoms with Gasteiger partial charge < -0.3 is 15.2 Å². The summed E-state index contributed by atoms with van der Waals surface area (Å²) in [5, 5.41) is 17.0. The first-order chi connectivity index (χ1) is 12.0. The van der Waals surface area contributed by atoms with Crippen LogP contribution in [0.4, 0.5) is 0 Å². The summed E-state index contributed by atoms with van der Waals surface area (Å²) >= 11 is 0. The Balaban J connectivity index is 1.63. The first kappa shape index (κ1) is 17.4. The van der Waals surface area contributed by atoms with Crippen molar-refractivity contribution >= 4 is 5.91 Å². The summed E-state index contributed by atoms with van der Waals surface area (Å²) < 4.78 is 6.86. The number of nitrogens with zero attached hydrogens (tertiary/aromatic N) is 3. The standard InChI is InChI=1S/C18H24N4O3/c1-12-5-7-22(21-12)8-6-16(24)20-18(14-9-15(23)10-14)13-3-4-17(25-2)19-11-13/h3-5,7,11,14-15,18,23H,6,8-10H2,1-2H3,(H,20,24)/t14?,15?,18-/m1/s1. The first-order valence-corrected chi connectivity index (χ1v) is 8.52. The molecule has 2 N–H and O–H groups in total. The maximum absolute atomic E-state index is 12.4. The monoisotopic (exact) mass is 344 g/mol. The molecule has 1 fully saturated rings. The van der Waals surface area contributed by atoms with Crippen molar-refractivity contribution in [1.29, 1.82) is 0 Å². The fourth-order valence-electron chi connectivity index (χ4n) is 3.12. The molecule has 0 saturated heterocycles. The predicted molar refractivity (Wildman–Crippen MR) is 92.0 cm³/mol. The van der Waals surface area contributed by atoms with Crippen LogP contribution < -0.4 is 10.1 Å². The molecule has 7 heteroatoms. The maximum Gasteiger partial charge on any atom is 0.222 e. The summed E-state index contributed by atoms with van der Waals surface area (Å²) in [5.74, 6) is 0.730. The van der Waals surface area contributed by atoms with Crippen molar-refractivity contribution < 1.29 is 14.6 Å². The van der Waals surface area contributed by atoms with Gasteiger partial charge in [-0.3, -0.25) is 9.48 Å². The zero-order valence-electron chi connectivity index (χ0n) is 14.6. The summed E-state index contributed by atoms with van der Waals surface area (Å²) in [5.41, 5.74) is 1.87. The Labute approximate surface area is 147 Å². The number of rotatable bonds is 7. The van der Waals surface area contributed by atoms with Gasteiger partial charge in [0.15, 0.2) is 0 Å². The second-order valence-electron chi connectivity index (χ2n) is 6.53. The van der Waals surface area contributed by atoms with Crippen molar-refractivity contribution in [3.05, 3.63) is 41.9 Å². The summed E-state index contributed by atoms with van der Waals surface area (Å²) in [6.45, 7) is 2.46. The fourth-order valence-corrected chi connectivity index (χ4v) is 3.12. The lowest BCUT2D eigenvalue weighted by molar-refractivity contribution is -0.123. The van der Waals surface area contributed by atoms with Crippen molar-refractivity contribution in [2.75, 3.05) is 7.11 Å². The van der Waals surface area contributed by atoms with Gasteiger partial charge in [-0.1, -0.05) is 6.07 Å². The van der Waals surface area contributed by atoms with E-state index in [0.29, 0.717) is 31.7 Å². The zero-order chi connectivity index (χ0) is 17.8. The number of methoxy groups -OCH3 is 1. The number of aliphatic hydroxyl groups excluding tert-OH is 1. The van der Waals surface area contributed by atoms with Gasteiger partial charge in [0, 0.05) is 31.4 Å². The highest BCUT2D eigenvalue weighted by molar-refractivity contribution is 5.76. The molecular formula is C18H24N4O3. The van der Waals surface area contributed by atoms with Crippen molar-refractivity contribution in [1.82, 2.24) is 20.1 Å². The van der Waals surface area contributed by atoms with Gasteiger partial charge in [-0.15, -0.1) is 0 Å². The molecule has 2 aromatic heterocycles. The van der Waals surface area contributed by atoms with Crippen LogP contribution in [0.5, 0.6) is 5.88 Å². The number of amides is 1. The van der Waals surface area contributed by atoms with Crippen LogP contribution in [-0.4, -0.2) is 39.0 Å². The van der Waals surface area contributed by atoms with Gasteiger partial charge >= 0.3 is 0 Å². The van der Waals surface area contributed by atoms with Crippen molar-refractivity contribution in [2.45, 2.75) is 44.9 Å². The maximum atomic E-state index is 12.4. The lowest BCUT2D eigenvalue weighted by Crippen LogP contribution is -2.41. The van der Waals surface area contributed by atoms with E-state index in [0.717, 1.165) is 11.3 Å². The third kappa shape index (κ3) is 4.36. The number of nitrogens with one attached hydrogen (secondary N) is 1. The molecule has 0 unspecified atom stereocenters. The molecule has 0 aliphatic heterocycles. The quantitative estimate of drug-likeness (QED) is 0.797. The number of aromatic nitrogens is 3. The molecule has 1 saturated carbocycles. The Hall–Kier alpha value is -2.41. The predicted octanol–water partition coefficient (Wildman–Crippen LogP) is 1.61. The van der Waals surface area contributed by atoms with Gasteiger partial charge in [0.25, 0.3) is 0 Å². The van der Waals surface area contributed by atoms with Crippen LogP contribution in [-0.2, 0) is 11.3 Å². The van der Waals surface area contributed by atoms with E-state index in [9.17, 15) is 9.90 Å². The van der Waals surface area contributed by atoms with Crippen LogP contribution in [0.1, 0.15) is 36.6 Å². The second kappa shape index (κ2) is 7.65. The van der Waals surface area contributed by atoms with E-state index in [-0.39, 0.29) is 24.0 Å². The minimum atomic E-state index is -0.275. The molecular weight excluding hydrogens is 320 g/mol. The number of hydrogen-bond donors (Lipinski definition) is 2. The van der Waals surface area contributed by atoms with E-state index in [1.54, 1.807) is 24.1 Å². The number of aryl methyl sites for hydroxylation is 2. The molecule has 1 atom stereocenters. The lowest BCUT2D eigenvalue weighted by atomic mass is 9.75. The highest BCUT2D eigenvalue weighted by atomic mass is 16.5. The van der Waals surface area contributed by atoms with Crippen LogP contribution >= 0.6 is 0 Å². The van der Waals surface area contributed by atoms with E-state index in [4.69, 9.17) is 4.74 Å². The number of aliphatic hydroxyl groups is 1. The normalized spacial score (nSPS) is 20.6. The molecule has 0 aromatic carbocycles. The van der Waals surface area contributed by atoms with E-state index in [2.05, 4.69) is 15.4 Å². The molecule has 0 bridgehead atoms. The second-order valence-corrected chi connectivity index (χ2v) is 6.53. The minimum Gasteiger partial charge on any atom is -0.481 e. The minimum absolute atomic E-state index is 0.0321. The molecule has 2 heterocycles. The Morgan fingerprint density at radius 2 is 2.24 bits per heavy atom. The summed E-state index contributed by atoms with van der Waals surface area (Å²) in [6.07, 6.45) is 5.06. The van der Waals surface area contributed by atoms with E-state index >= 15 is 0 Å². The Kier molecular flexibility index (Phi) is 5.33. The fraction of sp³-hybridized carbons (Fsp3) is 0.500. The zero-order valence-corrected chi connectivity index (χ0v) is 14.6. The Bertz CT molecular complexity index is 707. The number of carbonyl (C=O) groups excluding carboxylic acids is 1. The summed E-state index contributed by atoms with van der Waals surface area (Å²) in [6, 6.07) is 5.47. The number of ether oxygens (including phenoxy) is 1. The van der Waals surface area contributed by atoms with Crippen molar-refractivity contribution in [2.24, 2.45) is 5.92 Å². The average molecular weight is 344 g/mol. The smallest absolute Gasteiger partial charge is 0.222 e. The van der Waals surface area contributed by atoms with Crippen LogP contribution in [0.3, 0.4) is 0 Å².